The molecule has 0 saturated heterocycles. The van der Waals surface area contributed by atoms with Crippen molar-refractivity contribution in [2.45, 2.75) is 53.0 Å². The highest BCUT2D eigenvalue weighted by Crippen LogP contribution is 2.19. The van der Waals surface area contributed by atoms with Crippen LogP contribution in [-0.4, -0.2) is 37.6 Å². The normalized spacial score (nSPS) is 12.1. The van der Waals surface area contributed by atoms with E-state index < -0.39 is 0 Å². The Morgan fingerprint density at radius 1 is 1.24 bits per heavy atom. The summed E-state index contributed by atoms with van der Waals surface area (Å²) in [6.45, 7) is 11.7. The van der Waals surface area contributed by atoms with Crippen LogP contribution < -0.4 is 5.32 Å². The minimum Gasteiger partial charge on any atom is -0.317 e. The summed E-state index contributed by atoms with van der Waals surface area (Å²) in [4.78, 5) is 2.36. The maximum atomic E-state index is 8.87. The standard InChI is InChI=1S/C14H29N3/c1-13(2)17(5)11-7-10-16-9-6-8-14(3,4)12-15/h13,16H,6-11H2,1-5H3. The SMILES string of the molecule is CC(C)N(C)CCCNCCCC(C)(C)C#N. The van der Waals surface area contributed by atoms with Gasteiger partial charge in [-0.15, -0.1) is 0 Å². The fraction of sp³-hybridized carbons (Fsp3) is 0.929. The van der Waals surface area contributed by atoms with Gasteiger partial charge in [-0.2, -0.15) is 5.26 Å². The number of rotatable bonds is 9. The summed E-state index contributed by atoms with van der Waals surface area (Å²) in [5.41, 5.74) is -0.167. The predicted molar refractivity (Wildman–Crippen MR) is 73.9 cm³/mol. The van der Waals surface area contributed by atoms with E-state index in [1.165, 1.54) is 6.42 Å². The van der Waals surface area contributed by atoms with Crippen molar-refractivity contribution in [1.82, 2.24) is 10.2 Å². The maximum Gasteiger partial charge on any atom is 0.0683 e. The van der Waals surface area contributed by atoms with Crippen LogP contribution in [0.2, 0.25) is 0 Å². The topological polar surface area (TPSA) is 39.1 Å². The molecule has 0 unspecified atom stereocenters. The lowest BCUT2D eigenvalue weighted by Gasteiger charge is -2.20. The Kier molecular flexibility index (Phi) is 8.20. The molecule has 0 aliphatic carbocycles. The average Bonchev–Trinajstić information content (AvgIpc) is 2.27. The molecule has 17 heavy (non-hydrogen) atoms. The predicted octanol–water partition coefficient (Wildman–Crippen LogP) is 2.64. The van der Waals surface area contributed by atoms with E-state index in [1.54, 1.807) is 0 Å². The van der Waals surface area contributed by atoms with Crippen LogP contribution >= 0.6 is 0 Å². The van der Waals surface area contributed by atoms with Gasteiger partial charge in [0.05, 0.1) is 11.5 Å². The molecule has 0 rings (SSSR count). The van der Waals surface area contributed by atoms with Gasteiger partial charge in [0.15, 0.2) is 0 Å². The Morgan fingerprint density at radius 3 is 2.35 bits per heavy atom. The second kappa shape index (κ2) is 8.49. The van der Waals surface area contributed by atoms with Gasteiger partial charge in [0, 0.05) is 6.04 Å². The zero-order chi connectivity index (χ0) is 13.3. The lowest BCUT2D eigenvalue weighted by Crippen LogP contribution is -2.29. The molecule has 3 nitrogen and oxygen atoms in total. The third-order valence-electron chi connectivity index (χ3n) is 3.20. The minimum atomic E-state index is -0.167. The molecule has 0 saturated carbocycles. The quantitative estimate of drug-likeness (QED) is 0.629. The van der Waals surface area contributed by atoms with Gasteiger partial charge in [-0.3, -0.25) is 0 Å². The summed E-state index contributed by atoms with van der Waals surface area (Å²) >= 11 is 0. The third kappa shape index (κ3) is 9.14. The van der Waals surface area contributed by atoms with Crippen LogP contribution in [0, 0.1) is 16.7 Å². The summed E-state index contributed by atoms with van der Waals surface area (Å²) in [7, 11) is 2.17. The van der Waals surface area contributed by atoms with Crippen molar-refractivity contribution in [3.05, 3.63) is 0 Å². The van der Waals surface area contributed by atoms with Crippen LogP contribution in [0.1, 0.15) is 47.0 Å². The van der Waals surface area contributed by atoms with Crippen LogP contribution in [0.25, 0.3) is 0 Å². The molecule has 0 fully saturated rings. The summed E-state index contributed by atoms with van der Waals surface area (Å²) in [6.07, 6.45) is 3.25. The Hall–Kier alpha value is -0.590. The summed E-state index contributed by atoms with van der Waals surface area (Å²) in [5.74, 6) is 0. The molecule has 0 atom stereocenters. The number of nitrogens with one attached hydrogen (secondary N) is 1. The van der Waals surface area contributed by atoms with Crippen molar-refractivity contribution in [2.24, 2.45) is 5.41 Å². The van der Waals surface area contributed by atoms with Gasteiger partial charge in [-0.25, -0.2) is 0 Å². The molecule has 0 aliphatic heterocycles. The van der Waals surface area contributed by atoms with Crippen molar-refractivity contribution < 1.29 is 0 Å². The second-order valence-corrected chi connectivity index (χ2v) is 5.78. The van der Waals surface area contributed by atoms with Crippen molar-refractivity contribution in [3.63, 3.8) is 0 Å². The molecule has 3 heteroatoms. The molecule has 0 aromatic carbocycles. The van der Waals surface area contributed by atoms with Crippen molar-refractivity contribution in [1.29, 1.82) is 5.26 Å². The first-order valence-electron chi connectivity index (χ1n) is 6.71. The van der Waals surface area contributed by atoms with Gasteiger partial charge in [0.2, 0.25) is 0 Å². The molecule has 1 N–H and O–H groups in total. The van der Waals surface area contributed by atoms with Crippen LogP contribution in [0.3, 0.4) is 0 Å². The van der Waals surface area contributed by atoms with E-state index >= 15 is 0 Å². The highest BCUT2D eigenvalue weighted by molar-refractivity contribution is 4.91. The zero-order valence-electron chi connectivity index (χ0n) is 12.2. The van der Waals surface area contributed by atoms with Gasteiger partial charge in [-0.1, -0.05) is 0 Å². The van der Waals surface area contributed by atoms with E-state index in [0.717, 1.165) is 32.5 Å². The Morgan fingerprint density at radius 2 is 1.82 bits per heavy atom. The van der Waals surface area contributed by atoms with E-state index in [2.05, 4.69) is 37.2 Å². The minimum absolute atomic E-state index is 0.167. The number of nitrogens with zero attached hydrogens (tertiary/aromatic N) is 2. The zero-order valence-corrected chi connectivity index (χ0v) is 12.2. The van der Waals surface area contributed by atoms with Gasteiger partial charge in [0.25, 0.3) is 0 Å². The Labute approximate surface area is 107 Å². The van der Waals surface area contributed by atoms with E-state index in [0.29, 0.717) is 6.04 Å². The fourth-order valence-electron chi connectivity index (χ4n) is 1.55. The van der Waals surface area contributed by atoms with Crippen molar-refractivity contribution in [2.75, 3.05) is 26.7 Å². The van der Waals surface area contributed by atoms with E-state index in [9.17, 15) is 0 Å². The van der Waals surface area contributed by atoms with Crippen LogP contribution in [0.4, 0.5) is 0 Å². The lowest BCUT2D eigenvalue weighted by atomic mass is 9.90. The highest BCUT2D eigenvalue weighted by Gasteiger charge is 2.15. The maximum absolute atomic E-state index is 8.87. The fourth-order valence-corrected chi connectivity index (χ4v) is 1.55. The van der Waals surface area contributed by atoms with Gasteiger partial charge in [-0.05, 0) is 73.6 Å². The van der Waals surface area contributed by atoms with E-state index in [-0.39, 0.29) is 5.41 Å². The first-order chi connectivity index (χ1) is 7.89. The summed E-state index contributed by atoms with van der Waals surface area (Å²) < 4.78 is 0. The largest absolute Gasteiger partial charge is 0.317 e. The molecular weight excluding hydrogens is 210 g/mol. The third-order valence-corrected chi connectivity index (χ3v) is 3.20. The van der Waals surface area contributed by atoms with Crippen molar-refractivity contribution in [3.8, 4) is 6.07 Å². The number of hydrogen-bond donors (Lipinski definition) is 1. The first-order valence-corrected chi connectivity index (χ1v) is 6.71. The molecule has 100 valence electrons. The van der Waals surface area contributed by atoms with Crippen LogP contribution in [-0.2, 0) is 0 Å². The number of nitriles is 1. The molecule has 0 amide bonds. The lowest BCUT2D eigenvalue weighted by molar-refractivity contribution is 0.269. The van der Waals surface area contributed by atoms with Gasteiger partial charge in [0.1, 0.15) is 0 Å². The van der Waals surface area contributed by atoms with Gasteiger partial charge >= 0.3 is 0 Å². The van der Waals surface area contributed by atoms with E-state index in [4.69, 9.17) is 5.26 Å². The molecule has 0 heterocycles. The molecule has 0 bridgehead atoms. The van der Waals surface area contributed by atoms with Crippen LogP contribution in [0.15, 0.2) is 0 Å². The Balaban J connectivity index is 3.34. The van der Waals surface area contributed by atoms with Gasteiger partial charge < -0.3 is 10.2 Å². The average molecular weight is 239 g/mol. The smallest absolute Gasteiger partial charge is 0.0683 e. The molecular formula is C14H29N3. The molecule has 0 aromatic rings. The van der Waals surface area contributed by atoms with Crippen LogP contribution in [0.5, 0.6) is 0 Å². The second-order valence-electron chi connectivity index (χ2n) is 5.78. The monoisotopic (exact) mass is 239 g/mol. The molecule has 0 spiro atoms. The summed E-state index contributed by atoms with van der Waals surface area (Å²) in [5, 5.41) is 12.3. The van der Waals surface area contributed by atoms with E-state index in [1.807, 2.05) is 13.8 Å². The van der Waals surface area contributed by atoms with Crippen molar-refractivity contribution >= 4 is 0 Å². The first kappa shape index (κ1) is 16.4. The molecule has 0 aromatic heterocycles. The molecule has 0 radical (unpaired) electrons. The highest BCUT2D eigenvalue weighted by atomic mass is 15.1. The molecule has 0 aliphatic rings. The summed E-state index contributed by atoms with van der Waals surface area (Å²) in [6, 6.07) is 2.97. The Bertz CT molecular complexity index is 228. The number of hydrogen-bond acceptors (Lipinski definition) is 3.